The van der Waals surface area contributed by atoms with Gasteiger partial charge in [0.1, 0.15) is 17.6 Å². The Morgan fingerprint density at radius 1 is 1.13 bits per heavy atom. The molecule has 2 aromatic heterocycles. The largest absolute Gasteiger partial charge is 0.463 e. The number of benzene rings is 1. The highest BCUT2D eigenvalue weighted by atomic mass is 16.5. The molecule has 0 atom stereocenters. The SMILES string of the molecule is CCCCOc1nc(N)c2cc(C#N)n(Cc3ccc(CN4CCNCC4)cc3)c2n1. The summed E-state index contributed by atoms with van der Waals surface area (Å²) in [6, 6.07) is 12.8. The highest BCUT2D eigenvalue weighted by Gasteiger charge is 2.16. The number of fused-ring (bicyclic) bond motifs is 1. The molecule has 0 saturated carbocycles. The van der Waals surface area contributed by atoms with Crippen molar-refractivity contribution in [3.8, 4) is 12.1 Å². The maximum Gasteiger partial charge on any atom is 0.320 e. The summed E-state index contributed by atoms with van der Waals surface area (Å²) in [5, 5.41) is 13.7. The predicted molar refractivity (Wildman–Crippen MR) is 121 cm³/mol. The molecule has 1 aliphatic rings. The molecule has 0 aliphatic carbocycles. The first kappa shape index (κ1) is 21.1. The number of hydrogen-bond donors (Lipinski definition) is 2. The fraction of sp³-hybridized carbons (Fsp3) is 0.435. The van der Waals surface area contributed by atoms with E-state index in [4.69, 9.17) is 10.5 Å². The van der Waals surface area contributed by atoms with Gasteiger partial charge in [-0.3, -0.25) is 4.90 Å². The summed E-state index contributed by atoms with van der Waals surface area (Å²) < 4.78 is 7.54. The van der Waals surface area contributed by atoms with Gasteiger partial charge < -0.3 is 20.4 Å². The van der Waals surface area contributed by atoms with Crippen LogP contribution in [-0.2, 0) is 13.1 Å². The fourth-order valence-electron chi connectivity index (χ4n) is 3.81. The number of rotatable bonds is 8. The summed E-state index contributed by atoms with van der Waals surface area (Å²) in [5.74, 6) is 0.332. The third-order valence-corrected chi connectivity index (χ3v) is 5.59. The summed E-state index contributed by atoms with van der Waals surface area (Å²) >= 11 is 0. The number of nitrogens with zero attached hydrogens (tertiary/aromatic N) is 5. The van der Waals surface area contributed by atoms with Gasteiger partial charge in [0.2, 0.25) is 0 Å². The molecule has 8 heteroatoms. The summed E-state index contributed by atoms with van der Waals surface area (Å²) in [5.41, 5.74) is 9.66. The first-order valence-electron chi connectivity index (χ1n) is 10.9. The average Bonchev–Trinajstić information content (AvgIpc) is 3.14. The van der Waals surface area contributed by atoms with E-state index in [9.17, 15) is 5.26 Å². The van der Waals surface area contributed by atoms with Crippen molar-refractivity contribution in [1.82, 2.24) is 24.8 Å². The molecule has 3 N–H and O–H groups in total. The monoisotopic (exact) mass is 419 g/mol. The highest BCUT2D eigenvalue weighted by molar-refractivity contribution is 5.88. The number of aromatic nitrogens is 3. The van der Waals surface area contributed by atoms with Crippen molar-refractivity contribution in [3.63, 3.8) is 0 Å². The van der Waals surface area contributed by atoms with E-state index < -0.39 is 0 Å². The minimum Gasteiger partial charge on any atom is -0.463 e. The number of unbranched alkanes of at least 4 members (excludes halogenated alkanes) is 1. The van der Waals surface area contributed by atoms with Crippen molar-refractivity contribution in [3.05, 3.63) is 47.2 Å². The van der Waals surface area contributed by atoms with Crippen LogP contribution in [0, 0.1) is 11.3 Å². The maximum atomic E-state index is 9.66. The van der Waals surface area contributed by atoms with E-state index >= 15 is 0 Å². The second-order valence-electron chi connectivity index (χ2n) is 7.90. The molecule has 0 bridgehead atoms. The van der Waals surface area contributed by atoms with Gasteiger partial charge in [-0.05, 0) is 23.6 Å². The van der Waals surface area contributed by atoms with E-state index in [1.165, 1.54) is 5.56 Å². The fourth-order valence-corrected chi connectivity index (χ4v) is 3.81. The lowest BCUT2D eigenvalue weighted by molar-refractivity contribution is 0.233. The van der Waals surface area contributed by atoms with Crippen molar-refractivity contribution in [1.29, 1.82) is 5.26 Å². The summed E-state index contributed by atoms with van der Waals surface area (Å²) in [6.45, 7) is 8.38. The quantitative estimate of drug-likeness (QED) is 0.541. The van der Waals surface area contributed by atoms with E-state index in [1.807, 2.05) is 4.57 Å². The third kappa shape index (κ3) is 4.95. The van der Waals surface area contributed by atoms with Gasteiger partial charge in [-0.2, -0.15) is 15.2 Å². The predicted octanol–water partition coefficient (Wildman–Crippen LogP) is 2.52. The Morgan fingerprint density at radius 3 is 2.52 bits per heavy atom. The normalized spacial score (nSPS) is 14.6. The van der Waals surface area contributed by atoms with Crippen LogP contribution in [0.5, 0.6) is 6.01 Å². The molecule has 1 fully saturated rings. The van der Waals surface area contributed by atoms with Gasteiger partial charge in [-0.15, -0.1) is 0 Å². The number of hydrogen-bond acceptors (Lipinski definition) is 7. The molecular weight excluding hydrogens is 390 g/mol. The Kier molecular flexibility index (Phi) is 6.65. The standard InChI is InChI=1S/C23H29N7O/c1-2-3-12-31-23-27-21(25)20-13-19(14-24)30(22(20)28-23)16-18-6-4-17(5-7-18)15-29-10-8-26-9-11-29/h4-7,13,26H,2-3,8-12,15-16H2,1H3,(H2,25,27,28). The number of nitrogens with two attached hydrogens (primary N) is 1. The zero-order chi connectivity index (χ0) is 21.6. The van der Waals surface area contributed by atoms with E-state index in [-0.39, 0.29) is 6.01 Å². The summed E-state index contributed by atoms with van der Waals surface area (Å²) in [7, 11) is 0. The van der Waals surface area contributed by atoms with Gasteiger partial charge in [-0.1, -0.05) is 37.6 Å². The van der Waals surface area contributed by atoms with Crippen LogP contribution in [0.2, 0.25) is 0 Å². The molecule has 8 nitrogen and oxygen atoms in total. The Labute approximate surface area is 182 Å². The van der Waals surface area contributed by atoms with Gasteiger partial charge in [-0.25, -0.2) is 0 Å². The van der Waals surface area contributed by atoms with Gasteiger partial charge in [0, 0.05) is 32.7 Å². The highest BCUT2D eigenvalue weighted by Crippen LogP contribution is 2.26. The van der Waals surface area contributed by atoms with Crippen LogP contribution in [-0.4, -0.2) is 52.2 Å². The molecule has 3 heterocycles. The topological polar surface area (TPSA) is 105 Å². The Balaban J connectivity index is 1.55. The van der Waals surface area contributed by atoms with Crippen LogP contribution < -0.4 is 15.8 Å². The van der Waals surface area contributed by atoms with Crippen LogP contribution >= 0.6 is 0 Å². The first-order chi connectivity index (χ1) is 15.2. The smallest absolute Gasteiger partial charge is 0.320 e. The maximum absolute atomic E-state index is 9.66. The Morgan fingerprint density at radius 2 is 1.84 bits per heavy atom. The molecule has 0 radical (unpaired) electrons. The van der Waals surface area contributed by atoms with Crippen molar-refractivity contribution in [2.75, 3.05) is 38.5 Å². The van der Waals surface area contributed by atoms with Crippen molar-refractivity contribution in [2.24, 2.45) is 0 Å². The molecule has 0 spiro atoms. The zero-order valence-corrected chi connectivity index (χ0v) is 18.0. The van der Waals surface area contributed by atoms with Crippen LogP contribution in [0.25, 0.3) is 11.0 Å². The van der Waals surface area contributed by atoms with Gasteiger partial charge in [0.15, 0.2) is 5.65 Å². The van der Waals surface area contributed by atoms with Crippen LogP contribution in [0.3, 0.4) is 0 Å². The van der Waals surface area contributed by atoms with Crippen molar-refractivity contribution < 1.29 is 4.74 Å². The molecule has 4 rings (SSSR count). The second-order valence-corrected chi connectivity index (χ2v) is 7.90. The van der Waals surface area contributed by atoms with Crippen molar-refractivity contribution >= 4 is 16.9 Å². The van der Waals surface area contributed by atoms with Crippen LogP contribution in [0.15, 0.2) is 30.3 Å². The van der Waals surface area contributed by atoms with Gasteiger partial charge >= 0.3 is 6.01 Å². The number of anilines is 1. The molecule has 0 unspecified atom stereocenters. The average molecular weight is 420 g/mol. The van der Waals surface area contributed by atoms with E-state index in [0.29, 0.717) is 35.7 Å². The molecular formula is C23H29N7O. The molecule has 1 aromatic carbocycles. The van der Waals surface area contributed by atoms with Gasteiger partial charge in [0.05, 0.1) is 18.5 Å². The van der Waals surface area contributed by atoms with Gasteiger partial charge in [0.25, 0.3) is 0 Å². The first-order valence-corrected chi connectivity index (χ1v) is 10.9. The zero-order valence-electron chi connectivity index (χ0n) is 18.0. The minimum atomic E-state index is 0.258. The van der Waals surface area contributed by atoms with E-state index in [0.717, 1.165) is 51.1 Å². The Bertz CT molecular complexity index is 1060. The van der Waals surface area contributed by atoms with Crippen LogP contribution in [0.4, 0.5) is 5.82 Å². The number of ether oxygens (including phenoxy) is 1. The molecule has 162 valence electrons. The lowest BCUT2D eigenvalue weighted by atomic mass is 10.1. The summed E-state index contributed by atoms with van der Waals surface area (Å²) in [6.07, 6.45) is 1.95. The third-order valence-electron chi connectivity index (χ3n) is 5.59. The number of nitrogens with one attached hydrogen (secondary N) is 1. The molecule has 31 heavy (non-hydrogen) atoms. The lowest BCUT2D eigenvalue weighted by Gasteiger charge is -2.27. The number of piperazine rings is 1. The minimum absolute atomic E-state index is 0.258. The van der Waals surface area contributed by atoms with Crippen LogP contribution in [0.1, 0.15) is 36.6 Å². The van der Waals surface area contributed by atoms with E-state index in [1.54, 1.807) is 6.07 Å². The Hall–Kier alpha value is -3.15. The van der Waals surface area contributed by atoms with E-state index in [2.05, 4.69) is 57.4 Å². The molecule has 1 saturated heterocycles. The lowest BCUT2D eigenvalue weighted by Crippen LogP contribution is -2.42. The van der Waals surface area contributed by atoms with Crippen molar-refractivity contribution in [2.45, 2.75) is 32.9 Å². The second kappa shape index (κ2) is 9.77. The number of nitriles is 1. The molecule has 0 amide bonds. The number of nitrogen functional groups attached to an aromatic ring is 1. The molecule has 1 aliphatic heterocycles. The molecule has 3 aromatic rings. The summed E-state index contributed by atoms with van der Waals surface area (Å²) in [4.78, 5) is 11.3.